The van der Waals surface area contributed by atoms with Gasteiger partial charge in [0.05, 0.1) is 7.11 Å². The van der Waals surface area contributed by atoms with Gasteiger partial charge in [0.2, 0.25) is 0 Å². The van der Waals surface area contributed by atoms with E-state index < -0.39 is 0 Å². The predicted octanol–water partition coefficient (Wildman–Crippen LogP) is 3.16. The summed E-state index contributed by atoms with van der Waals surface area (Å²) in [4.78, 5) is 11.7. The van der Waals surface area contributed by atoms with Crippen LogP contribution in [0.15, 0.2) is 24.3 Å². The average Bonchev–Trinajstić information content (AvgIpc) is 2.42. The predicted molar refractivity (Wildman–Crippen MR) is 86.0 cm³/mol. The molecule has 0 aromatic heterocycles. The zero-order valence-corrected chi connectivity index (χ0v) is 13.6. The second kappa shape index (κ2) is 9.03. The smallest absolute Gasteiger partial charge is 0.322 e. The van der Waals surface area contributed by atoms with Crippen LogP contribution in [-0.4, -0.2) is 30.9 Å². The van der Waals surface area contributed by atoms with Crippen molar-refractivity contribution in [1.29, 1.82) is 0 Å². The van der Waals surface area contributed by atoms with Gasteiger partial charge >= 0.3 is 5.97 Å². The summed E-state index contributed by atoms with van der Waals surface area (Å²) in [7, 11) is 1.44. The molecular formula is C16H25NO2S. The Morgan fingerprint density at radius 1 is 1.35 bits per heavy atom. The van der Waals surface area contributed by atoms with E-state index in [4.69, 9.17) is 4.74 Å². The molecule has 0 amide bonds. The number of methoxy groups -OCH3 is 1. The van der Waals surface area contributed by atoms with Gasteiger partial charge < -0.3 is 10.1 Å². The van der Waals surface area contributed by atoms with E-state index >= 15 is 0 Å². The SMILES string of the molecule is COC(=O)C(CCSCc1ccccc1C)NC(C)C. The monoisotopic (exact) mass is 295 g/mol. The van der Waals surface area contributed by atoms with Gasteiger partial charge in [-0.2, -0.15) is 11.8 Å². The van der Waals surface area contributed by atoms with Crippen LogP contribution in [0.1, 0.15) is 31.4 Å². The lowest BCUT2D eigenvalue weighted by atomic mass is 10.1. The summed E-state index contributed by atoms with van der Waals surface area (Å²) in [5.41, 5.74) is 2.69. The molecule has 0 aliphatic carbocycles. The molecule has 0 saturated carbocycles. The lowest BCUT2D eigenvalue weighted by molar-refractivity contribution is -0.143. The van der Waals surface area contributed by atoms with Crippen LogP contribution >= 0.6 is 11.8 Å². The molecule has 3 nitrogen and oxygen atoms in total. The maximum atomic E-state index is 11.7. The fourth-order valence-electron chi connectivity index (χ4n) is 1.97. The van der Waals surface area contributed by atoms with Crippen molar-refractivity contribution in [2.45, 2.75) is 45.0 Å². The molecule has 0 radical (unpaired) electrons. The third-order valence-electron chi connectivity index (χ3n) is 3.09. The highest BCUT2D eigenvalue weighted by Crippen LogP contribution is 2.17. The van der Waals surface area contributed by atoms with Crippen molar-refractivity contribution in [3.63, 3.8) is 0 Å². The number of carbonyl (C=O) groups is 1. The fourth-order valence-corrected chi connectivity index (χ4v) is 3.06. The Morgan fingerprint density at radius 3 is 2.65 bits per heavy atom. The Balaban J connectivity index is 2.37. The lowest BCUT2D eigenvalue weighted by Gasteiger charge is -2.18. The van der Waals surface area contributed by atoms with Crippen LogP contribution in [-0.2, 0) is 15.3 Å². The quantitative estimate of drug-likeness (QED) is 0.590. The van der Waals surface area contributed by atoms with Crippen LogP contribution in [0, 0.1) is 6.92 Å². The molecule has 1 aromatic rings. The van der Waals surface area contributed by atoms with Crippen molar-refractivity contribution < 1.29 is 9.53 Å². The summed E-state index contributed by atoms with van der Waals surface area (Å²) >= 11 is 1.86. The van der Waals surface area contributed by atoms with Gasteiger partial charge in [-0.15, -0.1) is 0 Å². The summed E-state index contributed by atoms with van der Waals surface area (Å²) in [5.74, 6) is 1.76. The minimum absolute atomic E-state index is 0.171. The lowest BCUT2D eigenvalue weighted by Crippen LogP contribution is -2.41. The first kappa shape index (κ1) is 17.1. The van der Waals surface area contributed by atoms with Crippen molar-refractivity contribution in [3.05, 3.63) is 35.4 Å². The van der Waals surface area contributed by atoms with Crippen molar-refractivity contribution in [3.8, 4) is 0 Å². The van der Waals surface area contributed by atoms with Crippen molar-refractivity contribution in [2.24, 2.45) is 0 Å². The van der Waals surface area contributed by atoms with Gasteiger partial charge in [-0.3, -0.25) is 4.79 Å². The van der Waals surface area contributed by atoms with Crippen LogP contribution in [0.25, 0.3) is 0 Å². The van der Waals surface area contributed by atoms with Crippen LogP contribution in [0.5, 0.6) is 0 Å². The van der Waals surface area contributed by atoms with E-state index in [1.165, 1.54) is 18.2 Å². The van der Waals surface area contributed by atoms with E-state index in [1.807, 2.05) is 25.6 Å². The van der Waals surface area contributed by atoms with Crippen molar-refractivity contribution in [1.82, 2.24) is 5.32 Å². The van der Waals surface area contributed by atoms with Crippen LogP contribution in [0.4, 0.5) is 0 Å². The summed E-state index contributed by atoms with van der Waals surface area (Å²) in [6, 6.07) is 8.49. The molecule has 0 saturated heterocycles. The molecule has 20 heavy (non-hydrogen) atoms. The molecule has 4 heteroatoms. The van der Waals surface area contributed by atoms with E-state index in [0.717, 1.165) is 17.9 Å². The molecule has 1 aromatic carbocycles. The molecule has 1 N–H and O–H groups in total. The van der Waals surface area contributed by atoms with Gasteiger partial charge in [0.1, 0.15) is 6.04 Å². The molecule has 0 heterocycles. The molecule has 1 unspecified atom stereocenters. The molecule has 0 fully saturated rings. The Hall–Kier alpha value is -1.00. The van der Waals surface area contributed by atoms with Gasteiger partial charge in [-0.1, -0.05) is 38.1 Å². The largest absolute Gasteiger partial charge is 0.468 e. The van der Waals surface area contributed by atoms with E-state index in [0.29, 0.717) is 0 Å². The zero-order valence-electron chi connectivity index (χ0n) is 12.8. The maximum Gasteiger partial charge on any atom is 0.322 e. The average molecular weight is 295 g/mol. The maximum absolute atomic E-state index is 11.7. The second-order valence-electron chi connectivity index (χ2n) is 5.16. The molecule has 0 aliphatic heterocycles. The Morgan fingerprint density at radius 2 is 2.05 bits per heavy atom. The standard InChI is InChI=1S/C16H25NO2S/c1-12(2)17-15(16(18)19-4)9-10-20-11-14-8-6-5-7-13(14)3/h5-8,12,15,17H,9-11H2,1-4H3. The first-order chi connectivity index (χ1) is 9.54. The Kier molecular flexibility index (Phi) is 7.70. The van der Waals surface area contributed by atoms with Gasteiger partial charge in [0.25, 0.3) is 0 Å². The molecule has 0 aliphatic rings. The number of ether oxygens (including phenoxy) is 1. The number of aryl methyl sites for hydroxylation is 1. The number of nitrogens with one attached hydrogen (secondary N) is 1. The topological polar surface area (TPSA) is 38.3 Å². The summed E-state index contributed by atoms with van der Waals surface area (Å²) in [6.45, 7) is 6.21. The number of benzene rings is 1. The van der Waals surface area contributed by atoms with Crippen molar-refractivity contribution in [2.75, 3.05) is 12.9 Å². The zero-order chi connectivity index (χ0) is 15.0. The minimum Gasteiger partial charge on any atom is -0.468 e. The third-order valence-corrected chi connectivity index (χ3v) is 4.13. The van der Waals surface area contributed by atoms with Gasteiger partial charge in [0.15, 0.2) is 0 Å². The third kappa shape index (κ3) is 5.97. The van der Waals surface area contributed by atoms with Gasteiger partial charge in [0, 0.05) is 11.8 Å². The summed E-state index contributed by atoms with van der Waals surface area (Å²) in [5, 5.41) is 3.25. The molecular weight excluding hydrogens is 270 g/mol. The van der Waals surface area contributed by atoms with E-state index in [9.17, 15) is 4.79 Å². The number of rotatable bonds is 8. The van der Waals surface area contributed by atoms with Gasteiger partial charge in [-0.25, -0.2) is 0 Å². The molecule has 0 spiro atoms. The van der Waals surface area contributed by atoms with E-state index in [-0.39, 0.29) is 18.1 Å². The van der Waals surface area contributed by atoms with Crippen LogP contribution in [0.2, 0.25) is 0 Å². The van der Waals surface area contributed by atoms with Crippen LogP contribution < -0.4 is 5.32 Å². The highest BCUT2D eigenvalue weighted by Gasteiger charge is 2.19. The van der Waals surface area contributed by atoms with E-state index in [1.54, 1.807) is 0 Å². The highest BCUT2D eigenvalue weighted by molar-refractivity contribution is 7.98. The van der Waals surface area contributed by atoms with Gasteiger partial charge in [-0.05, 0) is 30.2 Å². The number of hydrogen-bond acceptors (Lipinski definition) is 4. The molecule has 0 bridgehead atoms. The number of hydrogen-bond donors (Lipinski definition) is 1. The molecule has 1 rings (SSSR count). The summed E-state index contributed by atoms with van der Waals surface area (Å²) < 4.78 is 4.84. The highest BCUT2D eigenvalue weighted by atomic mass is 32.2. The van der Waals surface area contributed by atoms with E-state index in [2.05, 4.69) is 36.5 Å². The minimum atomic E-state index is -0.204. The summed E-state index contributed by atoms with van der Waals surface area (Å²) in [6.07, 6.45) is 0.793. The Labute approximate surface area is 126 Å². The second-order valence-corrected chi connectivity index (χ2v) is 6.27. The van der Waals surface area contributed by atoms with Crippen molar-refractivity contribution >= 4 is 17.7 Å². The normalized spacial score (nSPS) is 12.4. The first-order valence-electron chi connectivity index (χ1n) is 7.00. The van der Waals surface area contributed by atoms with Crippen LogP contribution in [0.3, 0.4) is 0 Å². The first-order valence-corrected chi connectivity index (χ1v) is 8.16. The fraction of sp³-hybridized carbons (Fsp3) is 0.562. The Bertz CT molecular complexity index is 421. The molecule has 112 valence electrons. The number of thioether (sulfide) groups is 1. The number of carbonyl (C=O) groups excluding carboxylic acids is 1. The molecule has 1 atom stereocenters. The number of esters is 1.